The topological polar surface area (TPSA) is 54.5 Å². The number of nitrogens with zero attached hydrogens (tertiary/aromatic N) is 4. The molecule has 0 aliphatic heterocycles. The molecule has 0 bridgehead atoms. The summed E-state index contributed by atoms with van der Waals surface area (Å²) in [5, 5.41) is 20.7. The van der Waals surface area contributed by atoms with E-state index in [2.05, 4.69) is 58.9 Å². The van der Waals surface area contributed by atoms with Gasteiger partial charge in [-0.05, 0) is 30.4 Å². The number of thiophene rings is 1. The molecule has 0 amide bonds. The Morgan fingerprint density at radius 1 is 1.25 bits per heavy atom. The van der Waals surface area contributed by atoms with Crippen molar-refractivity contribution >= 4 is 23.1 Å². The molecule has 1 aromatic carbocycles. The van der Waals surface area contributed by atoms with Gasteiger partial charge in [-0.3, -0.25) is 0 Å². The van der Waals surface area contributed by atoms with Crippen LogP contribution in [-0.4, -0.2) is 20.0 Å². The maximum atomic E-state index is 9.48. The normalized spacial score (nSPS) is 12.0. The van der Waals surface area contributed by atoms with Gasteiger partial charge in [-0.15, -0.1) is 21.5 Å². The van der Waals surface area contributed by atoms with Crippen LogP contribution in [0.1, 0.15) is 21.8 Å². The van der Waals surface area contributed by atoms with Gasteiger partial charge in [0.15, 0.2) is 5.16 Å². The quantitative estimate of drug-likeness (QED) is 0.628. The van der Waals surface area contributed by atoms with Gasteiger partial charge >= 0.3 is 0 Å². The predicted molar refractivity (Wildman–Crippen MR) is 98.3 cm³/mol. The van der Waals surface area contributed by atoms with Gasteiger partial charge in [0.1, 0.15) is 11.1 Å². The summed E-state index contributed by atoms with van der Waals surface area (Å²) in [5.74, 6) is 0.923. The molecule has 1 unspecified atom stereocenters. The minimum atomic E-state index is -0.176. The molecule has 2 heterocycles. The van der Waals surface area contributed by atoms with Crippen LogP contribution in [0.3, 0.4) is 0 Å². The van der Waals surface area contributed by atoms with Crippen LogP contribution in [0.4, 0.5) is 0 Å². The summed E-state index contributed by atoms with van der Waals surface area (Å²) in [6.07, 6.45) is 1.48. The highest BCUT2D eigenvalue weighted by Crippen LogP contribution is 2.25. The minimum absolute atomic E-state index is 0.176. The van der Waals surface area contributed by atoms with Crippen LogP contribution in [0.15, 0.2) is 46.9 Å². The lowest BCUT2D eigenvalue weighted by molar-refractivity contribution is 0.749. The molecule has 0 N–H and O–H groups in total. The molecule has 0 radical (unpaired) electrons. The Morgan fingerprint density at radius 3 is 2.71 bits per heavy atom. The SMILES string of the molecule is Cc1ccc(CC(C#N)Sc2nnc(Cc3cccs3)n2C)cc1. The van der Waals surface area contributed by atoms with Crippen molar-refractivity contribution in [3.05, 3.63) is 63.6 Å². The van der Waals surface area contributed by atoms with Crippen molar-refractivity contribution in [2.24, 2.45) is 7.05 Å². The summed E-state index contributed by atoms with van der Waals surface area (Å²) in [6.45, 7) is 2.06. The van der Waals surface area contributed by atoms with Gasteiger partial charge in [-0.1, -0.05) is 47.7 Å². The fraction of sp³-hybridized carbons (Fsp3) is 0.278. The third kappa shape index (κ3) is 4.05. The summed E-state index contributed by atoms with van der Waals surface area (Å²) in [7, 11) is 1.96. The molecular formula is C18H18N4S2. The van der Waals surface area contributed by atoms with E-state index in [0.29, 0.717) is 6.42 Å². The maximum Gasteiger partial charge on any atom is 0.192 e. The monoisotopic (exact) mass is 354 g/mol. The first-order valence-electron chi connectivity index (χ1n) is 7.68. The lowest BCUT2D eigenvalue weighted by atomic mass is 10.1. The van der Waals surface area contributed by atoms with Crippen LogP contribution in [0.25, 0.3) is 0 Å². The van der Waals surface area contributed by atoms with E-state index in [0.717, 1.165) is 17.4 Å². The number of thioether (sulfide) groups is 1. The molecule has 24 heavy (non-hydrogen) atoms. The highest BCUT2D eigenvalue weighted by Gasteiger charge is 2.17. The van der Waals surface area contributed by atoms with Crippen molar-refractivity contribution in [2.75, 3.05) is 0 Å². The fourth-order valence-electron chi connectivity index (χ4n) is 2.35. The Balaban J connectivity index is 1.69. The van der Waals surface area contributed by atoms with E-state index < -0.39 is 0 Å². The highest BCUT2D eigenvalue weighted by atomic mass is 32.2. The van der Waals surface area contributed by atoms with Crippen LogP contribution in [-0.2, 0) is 19.9 Å². The molecule has 0 saturated heterocycles. The van der Waals surface area contributed by atoms with Crippen LogP contribution in [0.5, 0.6) is 0 Å². The number of aromatic nitrogens is 3. The van der Waals surface area contributed by atoms with Crippen molar-refractivity contribution in [3.8, 4) is 6.07 Å². The van der Waals surface area contributed by atoms with Gasteiger partial charge in [-0.2, -0.15) is 5.26 Å². The molecule has 0 aliphatic carbocycles. The van der Waals surface area contributed by atoms with Crippen molar-refractivity contribution in [1.29, 1.82) is 5.26 Å². The van der Waals surface area contributed by atoms with Gasteiger partial charge in [0.25, 0.3) is 0 Å². The first kappa shape index (κ1) is 16.7. The van der Waals surface area contributed by atoms with E-state index in [1.54, 1.807) is 11.3 Å². The average molecular weight is 355 g/mol. The van der Waals surface area contributed by atoms with Crippen molar-refractivity contribution in [1.82, 2.24) is 14.8 Å². The van der Waals surface area contributed by atoms with E-state index in [9.17, 15) is 5.26 Å². The average Bonchev–Trinajstić information content (AvgIpc) is 3.21. The van der Waals surface area contributed by atoms with E-state index in [1.165, 1.54) is 27.8 Å². The first-order valence-corrected chi connectivity index (χ1v) is 9.44. The largest absolute Gasteiger partial charge is 0.309 e. The van der Waals surface area contributed by atoms with E-state index in [-0.39, 0.29) is 5.25 Å². The van der Waals surface area contributed by atoms with Gasteiger partial charge in [-0.25, -0.2) is 0 Å². The number of nitriles is 1. The van der Waals surface area contributed by atoms with Crippen LogP contribution in [0, 0.1) is 18.3 Å². The molecule has 4 nitrogen and oxygen atoms in total. The van der Waals surface area contributed by atoms with Crippen molar-refractivity contribution in [2.45, 2.75) is 30.2 Å². The second-order valence-corrected chi connectivity index (χ2v) is 7.84. The van der Waals surface area contributed by atoms with E-state index in [4.69, 9.17) is 0 Å². The summed E-state index contributed by atoms with van der Waals surface area (Å²) in [4.78, 5) is 1.26. The molecule has 6 heteroatoms. The van der Waals surface area contributed by atoms with Gasteiger partial charge in [0.2, 0.25) is 0 Å². The number of hydrogen-bond donors (Lipinski definition) is 0. The molecule has 3 aromatic rings. The Hall–Kier alpha value is -2.10. The van der Waals surface area contributed by atoms with Crippen LogP contribution < -0.4 is 0 Å². The predicted octanol–water partition coefficient (Wildman–Crippen LogP) is 4.00. The zero-order valence-corrected chi connectivity index (χ0v) is 15.3. The van der Waals surface area contributed by atoms with E-state index in [1.807, 2.05) is 17.7 Å². The van der Waals surface area contributed by atoms with Crippen molar-refractivity contribution in [3.63, 3.8) is 0 Å². The summed E-state index contributed by atoms with van der Waals surface area (Å²) in [6, 6.07) is 14.8. The Kier molecular flexibility index (Phi) is 5.34. The molecule has 1 atom stereocenters. The van der Waals surface area contributed by atoms with Crippen LogP contribution in [0.2, 0.25) is 0 Å². The van der Waals surface area contributed by atoms with Gasteiger partial charge in [0.05, 0.1) is 6.07 Å². The molecule has 0 aliphatic rings. The smallest absolute Gasteiger partial charge is 0.192 e. The minimum Gasteiger partial charge on any atom is -0.309 e. The lowest BCUT2D eigenvalue weighted by Crippen LogP contribution is -2.07. The second kappa shape index (κ2) is 7.65. The van der Waals surface area contributed by atoms with Crippen LogP contribution >= 0.6 is 23.1 Å². The fourth-order valence-corrected chi connectivity index (χ4v) is 3.99. The van der Waals surface area contributed by atoms with Crippen molar-refractivity contribution < 1.29 is 0 Å². The summed E-state index contributed by atoms with van der Waals surface area (Å²) in [5.41, 5.74) is 2.40. The number of aryl methyl sites for hydroxylation is 1. The molecular weight excluding hydrogens is 336 g/mol. The molecule has 3 rings (SSSR count). The standard InChI is InChI=1S/C18H18N4S2/c1-13-5-7-14(8-6-13)10-16(12-19)24-18-21-20-17(22(18)2)11-15-4-3-9-23-15/h3-9,16H,10-11H2,1-2H3. The third-order valence-corrected chi connectivity index (χ3v) is 5.77. The number of benzene rings is 1. The molecule has 0 saturated carbocycles. The Labute approximate surface area is 150 Å². The van der Waals surface area contributed by atoms with Gasteiger partial charge in [0, 0.05) is 18.3 Å². The molecule has 122 valence electrons. The summed E-state index contributed by atoms with van der Waals surface area (Å²) >= 11 is 3.20. The first-order chi connectivity index (χ1) is 11.7. The molecule has 0 fully saturated rings. The van der Waals surface area contributed by atoms with Gasteiger partial charge < -0.3 is 4.57 Å². The zero-order valence-electron chi connectivity index (χ0n) is 13.6. The third-order valence-electron chi connectivity index (χ3n) is 3.77. The van der Waals surface area contributed by atoms with E-state index >= 15 is 0 Å². The highest BCUT2D eigenvalue weighted by molar-refractivity contribution is 8.00. The maximum absolute atomic E-state index is 9.48. The zero-order chi connectivity index (χ0) is 16.9. The molecule has 2 aromatic heterocycles. The Bertz CT molecular complexity index is 829. The molecule has 0 spiro atoms. The second-order valence-electron chi connectivity index (χ2n) is 5.64. The summed E-state index contributed by atoms with van der Waals surface area (Å²) < 4.78 is 1.99. The number of rotatable bonds is 6. The Morgan fingerprint density at radius 2 is 2.04 bits per heavy atom. The number of hydrogen-bond acceptors (Lipinski definition) is 5. The lowest BCUT2D eigenvalue weighted by Gasteiger charge is -2.09.